The Morgan fingerprint density at radius 1 is 1.20 bits per heavy atom. The van der Waals surface area contributed by atoms with E-state index < -0.39 is 16.0 Å². The standard InChI is InChI=1S/C21H25ClFN3O3S/c1-15-6-3-4-7-17(15)21(27)24-16-10-12-26(13-11-16)30(28,29)25(2)14-18-19(22)8-5-9-20(18)23/h3-9,16H,10-14H2,1-2H3,(H,24,27). The number of piperidine rings is 1. The van der Waals surface area contributed by atoms with Gasteiger partial charge >= 0.3 is 0 Å². The fraction of sp³-hybridized carbons (Fsp3) is 0.381. The largest absolute Gasteiger partial charge is 0.349 e. The van der Waals surface area contributed by atoms with Crippen molar-refractivity contribution in [1.82, 2.24) is 13.9 Å². The molecule has 0 radical (unpaired) electrons. The van der Waals surface area contributed by atoms with Gasteiger partial charge in [0.25, 0.3) is 16.1 Å². The molecule has 1 fully saturated rings. The lowest BCUT2D eigenvalue weighted by molar-refractivity contribution is 0.0922. The number of rotatable bonds is 6. The van der Waals surface area contributed by atoms with Gasteiger partial charge in [-0.2, -0.15) is 17.0 Å². The van der Waals surface area contributed by atoms with E-state index in [0.29, 0.717) is 18.4 Å². The maximum atomic E-state index is 14.0. The Bertz CT molecular complexity index is 1000. The van der Waals surface area contributed by atoms with Gasteiger partial charge in [-0.3, -0.25) is 4.79 Å². The van der Waals surface area contributed by atoms with Crippen molar-refractivity contribution in [3.05, 3.63) is 70.0 Å². The molecule has 0 unspecified atom stereocenters. The number of nitrogens with one attached hydrogen (secondary N) is 1. The summed E-state index contributed by atoms with van der Waals surface area (Å²) < 4.78 is 42.3. The minimum Gasteiger partial charge on any atom is -0.349 e. The summed E-state index contributed by atoms with van der Waals surface area (Å²) in [4.78, 5) is 12.5. The van der Waals surface area contributed by atoms with Crippen molar-refractivity contribution < 1.29 is 17.6 Å². The van der Waals surface area contributed by atoms with Crippen molar-refractivity contribution in [1.29, 1.82) is 0 Å². The third-order valence-electron chi connectivity index (χ3n) is 5.34. The molecule has 0 saturated carbocycles. The number of halogens is 2. The van der Waals surface area contributed by atoms with Gasteiger partial charge in [-0.05, 0) is 43.5 Å². The lowest BCUT2D eigenvalue weighted by atomic mass is 10.0. The predicted molar refractivity (Wildman–Crippen MR) is 115 cm³/mol. The maximum absolute atomic E-state index is 14.0. The number of aryl methyl sites for hydroxylation is 1. The van der Waals surface area contributed by atoms with E-state index in [1.807, 2.05) is 25.1 Å². The predicted octanol–water partition coefficient (Wildman–Crippen LogP) is 3.36. The van der Waals surface area contributed by atoms with Crippen molar-refractivity contribution in [2.45, 2.75) is 32.4 Å². The van der Waals surface area contributed by atoms with Gasteiger partial charge in [0.2, 0.25) is 0 Å². The van der Waals surface area contributed by atoms with Crippen molar-refractivity contribution in [2.75, 3.05) is 20.1 Å². The first-order valence-corrected chi connectivity index (χ1v) is 11.5. The third kappa shape index (κ3) is 5.00. The number of amides is 1. The summed E-state index contributed by atoms with van der Waals surface area (Å²) in [5.74, 6) is -0.692. The molecule has 1 aliphatic heterocycles. The van der Waals surface area contributed by atoms with Gasteiger partial charge in [-0.1, -0.05) is 35.9 Å². The maximum Gasteiger partial charge on any atom is 0.282 e. The lowest BCUT2D eigenvalue weighted by Crippen LogP contribution is -2.50. The SMILES string of the molecule is Cc1ccccc1C(=O)NC1CCN(S(=O)(=O)N(C)Cc2c(F)cccc2Cl)CC1. The van der Waals surface area contributed by atoms with Crippen LogP contribution in [0.2, 0.25) is 5.02 Å². The Balaban J connectivity index is 1.59. The van der Waals surface area contributed by atoms with Crippen LogP contribution in [-0.4, -0.2) is 49.1 Å². The first-order chi connectivity index (χ1) is 14.2. The van der Waals surface area contributed by atoms with E-state index in [4.69, 9.17) is 11.6 Å². The van der Waals surface area contributed by atoms with Crippen LogP contribution in [0.5, 0.6) is 0 Å². The Morgan fingerprint density at radius 2 is 1.87 bits per heavy atom. The monoisotopic (exact) mass is 453 g/mol. The fourth-order valence-electron chi connectivity index (χ4n) is 3.51. The second-order valence-electron chi connectivity index (χ2n) is 7.43. The molecule has 0 aromatic heterocycles. The molecule has 30 heavy (non-hydrogen) atoms. The quantitative estimate of drug-likeness (QED) is 0.729. The summed E-state index contributed by atoms with van der Waals surface area (Å²) in [7, 11) is -2.37. The van der Waals surface area contributed by atoms with Crippen LogP contribution >= 0.6 is 11.6 Å². The van der Waals surface area contributed by atoms with Crippen molar-refractivity contribution in [3.8, 4) is 0 Å². The lowest BCUT2D eigenvalue weighted by Gasteiger charge is -2.34. The highest BCUT2D eigenvalue weighted by Gasteiger charge is 2.32. The number of hydrogen-bond acceptors (Lipinski definition) is 3. The van der Waals surface area contributed by atoms with Gasteiger partial charge in [0.05, 0.1) is 0 Å². The minimum atomic E-state index is -3.78. The van der Waals surface area contributed by atoms with Gasteiger partial charge in [0, 0.05) is 48.9 Å². The highest BCUT2D eigenvalue weighted by molar-refractivity contribution is 7.86. The van der Waals surface area contributed by atoms with Crippen LogP contribution in [0.25, 0.3) is 0 Å². The van der Waals surface area contributed by atoms with Gasteiger partial charge < -0.3 is 5.32 Å². The topological polar surface area (TPSA) is 69.7 Å². The molecule has 0 bridgehead atoms. The van der Waals surface area contributed by atoms with Crippen LogP contribution < -0.4 is 5.32 Å². The molecule has 0 spiro atoms. The molecule has 6 nitrogen and oxygen atoms in total. The van der Waals surface area contributed by atoms with E-state index in [2.05, 4.69) is 5.32 Å². The second kappa shape index (κ2) is 9.43. The molecule has 1 heterocycles. The van der Waals surface area contributed by atoms with Gasteiger partial charge in [0.1, 0.15) is 5.82 Å². The molecule has 1 saturated heterocycles. The second-order valence-corrected chi connectivity index (χ2v) is 9.87. The van der Waals surface area contributed by atoms with Crippen molar-refractivity contribution >= 4 is 27.7 Å². The molecule has 3 rings (SSSR count). The van der Waals surface area contributed by atoms with E-state index in [1.54, 1.807) is 6.07 Å². The Labute approximate surface area is 181 Å². The van der Waals surface area contributed by atoms with Crippen LogP contribution in [0, 0.1) is 12.7 Å². The van der Waals surface area contributed by atoms with Crippen molar-refractivity contribution in [3.63, 3.8) is 0 Å². The Hall–Kier alpha value is -2.00. The molecule has 0 atom stereocenters. The van der Waals surface area contributed by atoms with Crippen LogP contribution in [0.15, 0.2) is 42.5 Å². The highest BCUT2D eigenvalue weighted by Crippen LogP contribution is 2.23. The summed E-state index contributed by atoms with van der Waals surface area (Å²) in [5.41, 5.74) is 1.66. The molecule has 0 aliphatic carbocycles. The van der Waals surface area contributed by atoms with Crippen LogP contribution in [-0.2, 0) is 16.8 Å². The number of benzene rings is 2. The summed E-state index contributed by atoms with van der Waals surface area (Å²) >= 11 is 6.02. The Kier molecular flexibility index (Phi) is 7.13. The van der Waals surface area contributed by atoms with Crippen LogP contribution in [0.4, 0.5) is 4.39 Å². The molecule has 2 aromatic carbocycles. The zero-order chi connectivity index (χ0) is 21.9. The number of nitrogens with zero attached hydrogens (tertiary/aromatic N) is 2. The zero-order valence-corrected chi connectivity index (χ0v) is 18.5. The molecule has 1 amide bonds. The van der Waals surface area contributed by atoms with E-state index in [-0.39, 0.29) is 42.2 Å². The zero-order valence-electron chi connectivity index (χ0n) is 16.9. The van der Waals surface area contributed by atoms with E-state index in [0.717, 1.165) is 9.87 Å². The average molecular weight is 454 g/mol. The average Bonchev–Trinajstić information content (AvgIpc) is 2.71. The molecule has 162 valence electrons. The number of carbonyl (C=O) groups is 1. The fourth-order valence-corrected chi connectivity index (χ4v) is 5.09. The summed E-state index contributed by atoms with van der Waals surface area (Å²) in [6.07, 6.45) is 1.01. The van der Waals surface area contributed by atoms with Crippen LogP contribution in [0.1, 0.15) is 34.3 Å². The summed E-state index contributed by atoms with van der Waals surface area (Å²) in [6, 6.07) is 11.5. The number of hydrogen-bond donors (Lipinski definition) is 1. The summed E-state index contributed by atoms with van der Waals surface area (Å²) in [5, 5.41) is 3.18. The van der Waals surface area contributed by atoms with E-state index in [1.165, 1.54) is 29.6 Å². The van der Waals surface area contributed by atoms with Crippen molar-refractivity contribution in [2.24, 2.45) is 0 Å². The number of carbonyl (C=O) groups excluding carboxylic acids is 1. The summed E-state index contributed by atoms with van der Waals surface area (Å²) in [6.45, 7) is 2.27. The molecular formula is C21H25ClFN3O3S. The molecule has 1 N–H and O–H groups in total. The molecular weight excluding hydrogens is 429 g/mol. The normalized spacial score (nSPS) is 16.0. The van der Waals surface area contributed by atoms with Crippen LogP contribution in [0.3, 0.4) is 0 Å². The highest BCUT2D eigenvalue weighted by atomic mass is 35.5. The molecule has 1 aliphatic rings. The van der Waals surface area contributed by atoms with E-state index in [9.17, 15) is 17.6 Å². The minimum absolute atomic E-state index is 0.102. The van der Waals surface area contributed by atoms with E-state index >= 15 is 0 Å². The van der Waals surface area contributed by atoms with Gasteiger partial charge in [0.15, 0.2) is 0 Å². The third-order valence-corrected chi connectivity index (χ3v) is 7.63. The molecule has 2 aromatic rings. The van der Waals surface area contributed by atoms with Gasteiger partial charge in [-0.25, -0.2) is 4.39 Å². The first-order valence-electron chi connectivity index (χ1n) is 9.71. The first kappa shape index (κ1) is 22.7. The smallest absolute Gasteiger partial charge is 0.282 e. The Morgan fingerprint density at radius 3 is 2.50 bits per heavy atom. The van der Waals surface area contributed by atoms with Gasteiger partial charge in [-0.15, -0.1) is 0 Å². The molecule has 9 heteroatoms.